The maximum atomic E-state index is 12.2. The molecule has 0 saturated carbocycles. The van der Waals surface area contributed by atoms with Crippen molar-refractivity contribution in [3.8, 4) is 10.4 Å². The first-order chi connectivity index (χ1) is 13.6. The van der Waals surface area contributed by atoms with Gasteiger partial charge in [-0.3, -0.25) is 0 Å². The molecule has 0 radical (unpaired) electrons. The van der Waals surface area contributed by atoms with Gasteiger partial charge in [0.15, 0.2) is 5.11 Å². The van der Waals surface area contributed by atoms with Gasteiger partial charge in [0.2, 0.25) is 0 Å². The van der Waals surface area contributed by atoms with Crippen molar-refractivity contribution in [2.45, 2.75) is 19.4 Å². The third kappa shape index (κ3) is 4.77. The standard InChI is InChI=1S/C22H22N2O2S2/c1-3-18(15-10-6-4-7-11-15)23-22(27)24-20-17(21(25)26-2)14-19(28-20)16-12-8-5-9-13-16/h4-14,18H,3H2,1-2H3,(H2,23,24,27). The fourth-order valence-corrected chi connectivity index (χ4v) is 4.26. The Morgan fingerprint density at radius 3 is 2.36 bits per heavy atom. The Hall–Kier alpha value is -2.70. The van der Waals surface area contributed by atoms with Gasteiger partial charge in [0, 0.05) is 4.88 Å². The average Bonchev–Trinajstić information content (AvgIpc) is 3.16. The number of ether oxygens (including phenoxy) is 1. The van der Waals surface area contributed by atoms with E-state index in [4.69, 9.17) is 17.0 Å². The van der Waals surface area contributed by atoms with E-state index in [1.165, 1.54) is 24.0 Å². The van der Waals surface area contributed by atoms with Gasteiger partial charge in [-0.25, -0.2) is 4.79 Å². The molecule has 3 rings (SSSR count). The summed E-state index contributed by atoms with van der Waals surface area (Å²) in [6.45, 7) is 2.10. The van der Waals surface area contributed by atoms with Crippen LogP contribution in [0, 0.1) is 0 Å². The minimum Gasteiger partial charge on any atom is -0.465 e. The quantitative estimate of drug-likeness (QED) is 0.407. The molecule has 28 heavy (non-hydrogen) atoms. The third-order valence-corrected chi connectivity index (χ3v) is 5.66. The molecule has 1 heterocycles. The molecule has 2 N–H and O–H groups in total. The largest absolute Gasteiger partial charge is 0.465 e. The number of hydrogen-bond donors (Lipinski definition) is 2. The molecular weight excluding hydrogens is 388 g/mol. The fraction of sp³-hybridized carbons (Fsp3) is 0.182. The summed E-state index contributed by atoms with van der Waals surface area (Å²) < 4.78 is 4.94. The highest BCUT2D eigenvalue weighted by atomic mass is 32.1. The van der Waals surface area contributed by atoms with E-state index in [9.17, 15) is 4.79 Å². The Morgan fingerprint density at radius 1 is 1.11 bits per heavy atom. The van der Waals surface area contributed by atoms with E-state index in [2.05, 4.69) is 29.7 Å². The Balaban J connectivity index is 1.81. The summed E-state index contributed by atoms with van der Waals surface area (Å²) in [6.07, 6.45) is 0.884. The van der Waals surface area contributed by atoms with Crippen LogP contribution in [0.5, 0.6) is 0 Å². The van der Waals surface area contributed by atoms with Crippen LogP contribution in [0.3, 0.4) is 0 Å². The lowest BCUT2D eigenvalue weighted by Gasteiger charge is -2.19. The second kappa shape index (κ2) is 9.48. The normalized spacial score (nSPS) is 11.5. The maximum absolute atomic E-state index is 12.2. The molecule has 4 nitrogen and oxygen atoms in total. The molecule has 144 valence electrons. The monoisotopic (exact) mass is 410 g/mol. The van der Waals surface area contributed by atoms with Crippen molar-refractivity contribution in [3.05, 3.63) is 77.9 Å². The number of hydrogen-bond acceptors (Lipinski definition) is 4. The first-order valence-corrected chi connectivity index (χ1v) is 10.2. The van der Waals surface area contributed by atoms with Crippen LogP contribution in [0.4, 0.5) is 5.00 Å². The number of anilines is 1. The first-order valence-electron chi connectivity index (χ1n) is 9.02. The zero-order valence-corrected chi connectivity index (χ0v) is 17.4. The van der Waals surface area contributed by atoms with E-state index in [0.29, 0.717) is 15.7 Å². The highest BCUT2D eigenvalue weighted by Gasteiger charge is 2.19. The van der Waals surface area contributed by atoms with E-state index in [0.717, 1.165) is 16.9 Å². The molecule has 0 spiro atoms. The number of thiophene rings is 1. The fourth-order valence-electron chi connectivity index (χ4n) is 2.89. The zero-order valence-electron chi connectivity index (χ0n) is 15.8. The highest BCUT2D eigenvalue weighted by Crippen LogP contribution is 2.36. The van der Waals surface area contributed by atoms with Crippen molar-refractivity contribution in [1.29, 1.82) is 0 Å². The van der Waals surface area contributed by atoms with Gasteiger partial charge in [-0.15, -0.1) is 11.3 Å². The summed E-state index contributed by atoms with van der Waals surface area (Å²) in [7, 11) is 1.38. The summed E-state index contributed by atoms with van der Waals surface area (Å²) in [5.41, 5.74) is 2.68. The number of benzene rings is 2. The summed E-state index contributed by atoms with van der Waals surface area (Å²) in [6, 6.07) is 22.0. The third-order valence-electron chi connectivity index (χ3n) is 4.34. The van der Waals surface area contributed by atoms with Gasteiger partial charge in [-0.2, -0.15) is 0 Å². The van der Waals surface area contributed by atoms with Crippen molar-refractivity contribution >= 4 is 39.6 Å². The number of methoxy groups -OCH3 is 1. The lowest BCUT2D eigenvalue weighted by molar-refractivity contribution is 0.0602. The minimum atomic E-state index is -0.390. The van der Waals surface area contributed by atoms with E-state index >= 15 is 0 Å². The lowest BCUT2D eigenvalue weighted by atomic mass is 10.1. The summed E-state index contributed by atoms with van der Waals surface area (Å²) in [4.78, 5) is 13.2. The molecule has 0 aliphatic heterocycles. The van der Waals surface area contributed by atoms with Gasteiger partial charge in [-0.05, 0) is 35.8 Å². The number of thiocarbonyl (C=S) groups is 1. The SMILES string of the molecule is CCC(NC(=S)Nc1sc(-c2ccccc2)cc1C(=O)OC)c1ccccc1. The second-order valence-electron chi connectivity index (χ2n) is 6.18. The van der Waals surface area contributed by atoms with Crippen LogP contribution in [-0.2, 0) is 4.74 Å². The minimum absolute atomic E-state index is 0.0938. The molecule has 0 aliphatic rings. The molecular formula is C22H22N2O2S2. The average molecular weight is 411 g/mol. The van der Waals surface area contributed by atoms with Crippen LogP contribution in [0.15, 0.2) is 66.7 Å². The van der Waals surface area contributed by atoms with Crippen LogP contribution in [0.2, 0.25) is 0 Å². The predicted molar refractivity (Wildman–Crippen MR) is 120 cm³/mol. The van der Waals surface area contributed by atoms with Crippen molar-refractivity contribution in [1.82, 2.24) is 5.32 Å². The van der Waals surface area contributed by atoms with Gasteiger partial charge >= 0.3 is 5.97 Å². The molecule has 0 bridgehead atoms. The molecule has 2 aromatic carbocycles. The van der Waals surface area contributed by atoms with Crippen LogP contribution in [-0.4, -0.2) is 18.2 Å². The van der Waals surface area contributed by atoms with E-state index in [1.807, 2.05) is 54.6 Å². The zero-order chi connectivity index (χ0) is 19.9. The molecule has 0 aliphatic carbocycles. The van der Waals surface area contributed by atoms with Crippen LogP contribution in [0.25, 0.3) is 10.4 Å². The van der Waals surface area contributed by atoms with Gasteiger partial charge in [0.25, 0.3) is 0 Å². The van der Waals surface area contributed by atoms with Crippen LogP contribution >= 0.6 is 23.6 Å². The molecule has 1 atom stereocenters. The van der Waals surface area contributed by atoms with Gasteiger partial charge < -0.3 is 15.4 Å². The van der Waals surface area contributed by atoms with Crippen LogP contribution < -0.4 is 10.6 Å². The number of carbonyl (C=O) groups excluding carboxylic acids is 1. The second-order valence-corrected chi connectivity index (χ2v) is 7.64. The number of esters is 1. The Kier molecular flexibility index (Phi) is 6.79. The van der Waals surface area contributed by atoms with Crippen molar-refractivity contribution < 1.29 is 9.53 Å². The van der Waals surface area contributed by atoms with Crippen LogP contribution in [0.1, 0.15) is 35.3 Å². The molecule has 0 amide bonds. The molecule has 3 aromatic rings. The first kappa shape index (κ1) is 20.0. The molecule has 6 heteroatoms. The lowest BCUT2D eigenvalue weighted by Crippen LogP contribution is -2.32. The van der Waals surface area contributed by atoms with E-state index in [1.54, 1.807) is 0 Å². The maximum Gasteiger partial charge on any atom is 0.340 e. The molecule has 0 saturated heterocycles. The van der Waals surface area contributed by atoms with Crippen molar-refractivity contribution in [2.24, 2.45) is 0 Å². The van der Waals surface area contributed by atoms with Crippen molar-refractivity contribution in [2.75, 3.05) is 12.4 Å². The van der Waals surface area contributed by atoms with E-state index < -0.39 is 0 Å². The van der Waals surface area contributed by atoms with Gasteiger partial charge in [0.05, 0.1) is 18.7 Å². The Bertz CT molecular complexity index is 940. The van der Waals surface area contributed by atoms with Crippen molar-refractivity contribution in [3.63, 3.8) is 0 Å². The topological polar surface area (TPSA) is 50.4 Å². The van der Waals surface area contributed by atoms with Gasteiger partial charge in [0.1, 0.15) is 5.00 Å². The summed E-state index contributed by atoms with van der Waals surface area (Å²) in [5, 5.41) is 7.67. The summed E-state index contributed by atoms with van der Waals surface area (Å²) >= 11 is 6.99. The molecule has 0 fully saturated rings. The number of carbonyl (C=O) groups is 1. The Labute approximate surface area is 174 Å². The number of nitrogens with one attached hydrogen (secondary N) is 2. The number of rotatable bonds is 6. The van der Waals surface area contributed by atoms with E-state index in [-0.39, 0.29) is 12.0 Å². The molecule has 1 aromatic heterocycles. The summed E-state index contributed by atoms with van der Waals surface area (Å²) in [5.74, 6) is -0.390. The molecule has 1 unspecified atom stereocenters. The highest BCUT2D eigenvalue weighted by molar-refractivity contribution is 7.80. The predicted octanol–water partition coefficient (Wildman–Crippen LogP) is 5.64. The van der Waals surface area contributed by atoms with Gasteiger partial charge in [-0.1, -0.05) is 67.6 Å². The smallest absolute Gasteiger partial charge is 0.340 e. The Morgan fingerprint density at radius 2 is 1.75 bits per heavy atom.